The van der Waals surface area contributed by atoms with Crippen molar-refractivity contribution >= 4 is 80.4 Å². The third kappa shape index (κ3) is 14.9. The Balaban J connectivity index is 0.000000258. The number of nitrogens with two attached hydrogens (primary N) is 2. The van der Waals surface area contributed by atoms with Crippen molar-refractivity contribution in [3.63, 3.8) is 0 Å². The molecule has 0 spiro atoms. The van der Waals surface area contributed by atoms with Crippen molar-refractivity contribution in [2.45, 2.75) is 55.5 Å². The van der Waals surface area contributed by atoms with Crippen LogP contribution >= 0.6 is 46.5 Å². The summed E-state index contributed by atoms with van der Waals surface area (Å²) in [5.74, 6) is 2.00. The molecule has 4 aromatic rings. The number of aliphatic hydroxyl groups is 4. The minimum atomic E-state index is -6.01. The Morgan fingerprint density at radius 3 is 1.46 bits per heavy atom. The number of nitrogens with zero attached hydrogens (tertiary/aromatic N) is 11. The number of anilines is 2. The van der Waals surface area contributed by atoms with Gasteiger partial charge < -0.3 is 88.9 Å². The smallest absolute Gasteiger partial charge is 0.279 e. The summed E-state index contributed by atoms with van der Waals surface area (Å²) in [7, 11) is -33.7. The van der Waals surface area contributed by atoms with Crippen LogP contribution in [0.25, 0.3) is 32.8 Å². The lowest BCUT2D eigenvalue weighted by molar-refractivity contribution is -0.249. The van der Waals surface area contributed by atoms with Gasteiger partial charge in [-0.05, 0) is 5.53 Å². The zero-order valence-corrected chi connectivity index (χ0v) is 39.3. The number of hydrogen-bond donors (Lipinski definition) is 6. The fourth-order valence-corrected chi connectivity index (χ4v) is 13.4. The number of fused-ring (bicyclic) bond motifs is 2. The number of aromatic nitrogens is 8. The third-order valence-corrected chi connectivity index (χ3v) is 17.9. The Morgan fingerprint density at radius 2 is 1.07 bits per heavy atom. The van der Waals surface area contributed by atoms with Gasteiger partial charge in [-0.2, -0.15) is 0 Å². The average molecular weight is 1100 g/mol. The van der Waals surface area contributed by atoms with Crippen molar-refractivity contribution < 1.29 is 113 Å². The summed E-state index contributed by atoms with van der Waals surface area (Å²) in [6.07, 6.45) is -5.24. The van der Waals surface area contributed by atoms with Crippen molar-refractivity contribution in [1.29, 1.82) is 0 Å². The lowest BCUT2D eigenvalue weighted by Gasteiger charge is -2.35. The predicted octanol–water partition coefficient (Wildman–Crippen LogP) is -4.53. The molecule has 0 radical (unpaired) electrons. The SMILES string of the molecule is C#CCCP(=O)([O-])OP(=O)([O-])OP(=O)([O-])OC[C@H]1O[C@@H](n2cnc3c(N)ncnc32)C(O)[C@H]1O.[N-]=[N+]=NCCP(=O)([O-])OP(=O)([O-])OP(=O)([O-])OC[C@H]1O[C@@H](n2cnc3c(N)ncnc32)C(O)[C@H]1O. The van der Waals surface area contributed by atoms with Crippen LogP contribution in [0.5, 0.6) is 0 Å². The lowest BCUT2D eigenvalue weighted by Crippen LogP contribution is -2.34. The van der Waals surface area contributed by atoms with Gasteiger partial charge in [0.2, 0.25) is 0 Å². The molecule has 0 aromatic carbocycles. The zero-order valence-electron chi connectivity index (χ0n) is 34.0. The molecule has 14 atom stereocenters. The maximum atomic E-state index is 11.9. The quantitative estimate of drug-likeness (QED) is 0.0150. The van der Waals surface area contributed by atoms with Gasteiger partial charge in [0.1, 0.15) is 75.5 Å². The van der Waals surface area contributed by atoms with Gasteiger partial charge in [-0.25, -0.2) is 38.5 Å². The van der Waals surface area contributed by atoms with E-state index < -0.39 is 134 Å². The van der Waals surface area contributed by atoms with Crippen molar-refractivity contribution in [3.05, 3.63) is 35.8 Å². The second-order valence-electron chi connectivity index (χ2n) is 13.5. The number of ether oxygens (including phenoxy) is 2. The maximum Gasteiger partial charge on any atom is 0.279 e. The van der Waals surface area contributed by atoms with Crippen LogP contribution in [-0.2, 0) is 63.2 Å². The summed E-state index contributed by atoms with van der Waals surface area (Å²) < 4.78 is 107. The number of phosphoric acid groups is 4. The van der Waals surface area contributed by atoms with Crippen LogP contribution in [0.4, 0.5) is 11.6 Å². The molecule has 2 aliphatic heterocycles. The summed E-state index contributed by atoms with van der Waals surface area (Å²) in [6.45, 7) is -2.76. The normalized spacial score (nSPS) is 27.8. The van der Waals surface area contributed by atoms with Crippen LogP contribution < -0.4 is 40.8 Å². The van der Waals surface area contributed by atoms with Crippen molar-refractivity contribution in [1.82, 2.24) is 39.0 Å². The Morgan fingerprint density at radius 1 is 0.667 bits per heavy atom. The fourth-order valence-electron chi connectivity index (χ4n) is 5.76. The topological polar surface area (TPSA) is 584 Å². The molecule has 2 saturated heterocycles. The highest BCUT2D eigenvalue weighted by Gasteiger charge is 2.46. The highest BCUT2D eigenvalue weighted by molar-refractivity contribution is 7.67. The summed E-state index contributed by atoms with van der Waals surface area (Å²) >= 11 is 0. The molecule has 43 heteroatoms. The maximum absolute atomic E-state index is 11.9. The molecular weight excluding hydrogens is 1060 g/mol. The number of aliphatic hydroxyl groups excluding tert-OH is 4. The van der Waals surface area contributed by atoms with E-state index in [0.717, 1.165) is 12.7 Å². The molecule has 382 valence electrons. The van der Waals surface area contributed by atoms with Gasteiger partial charge in [-0.15, -0.1) is 12.3 Å². The first kappa shape index (κ1) is 56.1. The van der Waals surface area contributed by atoms with Gasteiger partial charge in [-0.1, -0.05) is 5.11 Å². The number of rotatable bonds is 21. The van der Waals surface area contributed by atoms with E-state index in [0.29, 0.717) is 0 Å². The Hall–Kier alpha value is -3.77. The largest absolute Gasteiger partial charge is 0.778 e. The molecule has 6 heterocycles. The van der Waals surface area contributed by atoms with E-state index in [4.69, 9.17) is 32.9 Å². The second kappa shape index (κ2) is 22.3. The molecule has 8 N–H and O–H groups in total. The molecule has 8 unspecified atom stereocenters. The molecule has 69 heavy (non-hydrogen) atoms. The van der Waals surface area contributed by atoms with E-state index in [2.05, 4.69) is 66.2 Å². The second-order valence-corrected chi connectivity index (χ2v) is 23.6. The van der Waals surface area contributed by atoms with E-state index >= 15 is 0 Å². The van der Waals surface area contributed by atoms with E-state index in [1.807, 2.05) is 5.92 Å². The molecule has 0 aliphatic carbocycles. The Bertz CT molecular complexity index is 2880. The molecular formula is C26H33N13O24P6-6. The van der Waals surface area contributed by atoms with Gasteiger partial charge in [0.25, 0.3) is 31.3 Å². The average Bonchev–Trinajstić information content (AvgIpc) is 3.99. The number of phosphoric ester groups is 2. The van der Waals surface area contributed by atoms with E-state index in [-0.39, 0.29) is 34.0 Å². The third-order valence-electron chi connectivity index (χ3n) is 8.71. The van der Waals surface area contributed by atoms with Gasteiger partial charge >= 0.3 is 0 Å². The first-order valence-electron chi connectivity index (χ1n) is 18.3. The van der Waals surface area contributed by atoms with Gasteiger partial charge in [0.05, 0.1) is 25.9 Å². The number of nitrogen functional groups attached to an aromatic ring is 2. The first-order valence-corrected chi connectivity index (χ1v) is 27.6. The van der Waals surface area contributed by atoms with Crippen LogP contribution in [0.2, 0.25) is 0 Å². The fraction of sp³-hybridized carbons (Fsp3) is 0.538. The Kier molecular flexibility index (Phi) is 18.2. The number of azide groups is 1. The summed E-state index contributed by atoms with van der Waals surface area (Å²) in [6, 6.07) is 0. The summed E-state index contributed by atoms with van der Waals surface area (Å²) in [4.78, 5) is 95.8. The van der Waals surface area contributed by atoms with Crippen LogP contribution in [0, 0.1) is 12.3 Å². The molecule has 37 nitrogen and oxygen atoms in total. The van der Waals surface area contributed by atoms with Crippen LogP contribution in [0.15, 0.2) is 30.4 Å². The Labute approximate surface area is 384 Å². The van der Waals surface area contributed by atoms with E-state index in [1.54, 1.807) is 0 Å². The molecule has 4 aromatic heterocycles. The van der Waals surface area contributed by atoms with E-state index in [9.17, 15) is 77.2 Å². The van der Waals surface area contributed by atoms with Crippen molar-refractivity contribution in [3.8, 4) is 12.3 Å². The van der Waals surface area contributed by atoms with Crippen LogP contribution in [0.1, 0.15) is 18.9 Å². The molecule has 2 fully saturated rings. The molecule has 2 aliphatic rings. The van der Waals surface area contributed by atoms with E-state index in [1.165, 1.54) is 21.8 Å². The number of hydrogen-bond acceptors (Lipinski definition) is 33. The van der Waals surface area contributed by atoms with Crippen molar-refractivity contribution in [2.75, 3.05) is 43.5 Å². The van der Waals surface area contributed by atoms with Crippen LogP contribution in [-0.4, -0.2) is 128 Å². The molecule has 0 saturated carbocycles. The standard InChI is InChI=1S/C14H20N5O12P3.C12H19N8O12P3/c1-2-3-4-32(22,23)30-34(26,27)31-33(24,25)28-5-8-10(20)11(21)14(29-8)19-7-18-9-12(15)16-6-17-13(9)19;13-10-7-11(16-4-15-10)20(5-17-7)12-9(22)8(21)6(30-12)3-29-34(25,26)32-35(27,28)31-33(23,24)2-1-18-19-14/h1,6-8,10-11,14,20-21H,3-5H2,(H,22,23)(H,24,25)(H,26,27)(H2,15,16,17);4-6,8-9,12,21-22H,1-3H2,(H,23,24)(H,25,26)(H,27,28)(H2,13,15,16)/p-6/t8-,10+,11?,14-;6-,8+,9?,12-/m11/s1. The van der Waals surface area contributed by atoms with Crippen LogP contribution in [0.3, 0.4) is 0 Å². The zero-order chi connectivity index (χ0) is 51.3. The molecule has 0 amide bonds. The van der Waals surface area contributed by atoms with Gasteiger partial charge in [-0.3, -0.25) is 36.0 Å². The highest BCUT2D eigenvalue weighted by atomic mass is 31.3. The minimum absolute atomic E-state index is 0.0239. The monoisotopic (exact) mass is 1100 g/mol. The van der Waals surface area contributed by atoms with Gasteiger partial charge in [0, 0.05) is 30.2 Å². The first-order chi connectivity index (χ1) is 32.0. The summed E-state index contributed by atoms with van der Waals surface area (Å²) in [5.41, 5.74) is 20.1. The number of terminal acetylenes is 1. The minimum Gasteiger partial charge on any atom is -0.778 e. The predicted molar refractivity (Wildman–Crippen MR) is 210 cm³/mol. The van der Waals surface area contributed by atoms with Crippen molar-refractivity contribution in [2.24, 2.45) is 5.11 Å². The number of imidazole rings is 2. The molecule has 0 bridgehead atoms. The lowest BCUT2D eigenvalue weighted by atomic mass is 10.1. The summed E-state index contributed by atoms with van der Waals surface area (Å²) in [5, 5.41) is 43.9. The molecule has 6 rings (SSSR count). The van der Waals surface area contributed by atoms with Gasteiger partial charge in [0.15, 0.2) is 35.4 Å². The highest BCUT2D eigenvalue weighted by Crippen LogP contribution is 2.64.